The summed E-state index contributed by atoms with van der Waals surface area (Å²) in [7, 11) is 0. The minimum Gasteiger partial charge on any atom is -0.493 e. The van der Waals surface area contributed by atoms with Gasteiger partial charge in [0.2, 0.25) is 0 Å². The molecular formula is C25H26INO3. The SMILES string of the molecule is CCOc1ccc(C(=O)Nc2ccc(I)cc2)cc1COc1cc(C)cc(C)c1C. The molecule has 5 heteroatoms. The second-order valence-corrected chi connectivity index (χ2v) is 8.46. The molecular weight excluding hydrogens is 489 g/mol. The van der Waals surface area contributed by atoms with E-state index < -0.39 is 0 Å². The van der Waals surface area contributed by atoms with Gasteiger partial charge in [-0.1, -0.05) is 6.07 Å². The van der Waals surface area contributed by atoms with Crippen LogP contribution in [0.5, 0.6) is 11.5 Å². The molecule has 0 atom stereocenters. The zero-order valence-electron chi connectivity index (χ0n) is 17.7. The number of hydrogen-bond acceptors (Lipinski definition) is 3. The summed E-state index contributed by atoms with van der Waals surface area (Å²) in [5.74, 6) is 1.41. The number of hydrogen-bond donors (Lipinski definition) is 1. The molecule has 156 valence electrons. The van der Waals surface area contributed by atoms with Gasteiger partial charge in [0.05, 0.1) is 6.61 Å². The van der Waals surface area contributed by atoms with Crippen LogP contribution in [-0.4, -0.2) is 12.5 Å². The van der Waals surface area contributed by atoms with Crippen molar-refractivity contribution in [3.8, 4) is 11.5 Å². The first-order valence-corrected chi connectivity index (χ1v) is 11.0. The molecule has 0 bridgehead atoms. The van der Waals surface area contributed by atoms with Gasteiger partial charge in [0.25, 0.3) is 5.91 Å². The van der Waals surface area contributed by atoms with E-state index in [1.807, 2.05) is 49.4 Å². The summed E-state index contributed by atoms with van der Waals surface area (Å²) in [5, 5.41) is 2.94. The van der Waals surface area contributed by atoms with Crippen LogP contribution in [0, 0.1) is 24.3 Å². The van der Waals surface area contributed by atoms with Gasteiger partial charge in [-0.05, 0) is 116 Å². The summed E-state index contributed by atoms with van der Waals surface area (Å²) in [6.07, 6.45) is 0. The first-order chi connectivity index (χ1) is 14.4. The summed E-state index contributed by atoms with van der Waals surface area (Å²) in [6, 6.07) is 17.3. The molecule has 0 fully saturated rings. The predicted molar refractivity (Wildman–Crippen MR) is 130 cm³/mol. The fourth-order valence-electron chi connectivity index (χ4n) is 3.17. The number of anilines is 1. The maximum Gasteiger partial charge on any atom is 0.255 e. The lowest BCUT2D eigenvalue weighted by atomic mass is 10.1. The number of carbonyl (C=O) groups is 1. The zero-order valence-corrected chi connectivity index (χ0v) is 19.9. The number of benzene rings is 3. The highest BCUT2D eigenvalue weighted by atomic mass is 127. The van der Waals surface area contributed by atoms with Crippen LogP contribution in [0.1, 0.15) is 39.5 Å². The molecule has 0 aromatic heterocycles. The van der Waals surface area contributed by atoms with Crippen LogP contribution in [0.3, 0.4) is 0 Å². The Kier molecular flexibility index (Phi) is 7.37. The molecule has 0 saturated heterocycles. The maximum absolute atomic E-state index is 12.7. The van der Waals surface area contributed by atoms with Crippen molar-refractivity contribution in [3.05, 3.63) is 86.0 Å². The van der Waals surface area contributed by atoms with E-state index in [9.17, 15) is 4.79 Å². The third-order valence-electron chi connectivity index (χ3n) is 4.87. The highest BCUT2D eigenvalue weighted by Gasteiger charge is 2.13. The van der Waals surface area contributed by atoms with E-state index >= 15 is 0 Å². The van der Waals surface area contributed by atoms with Crippen LogP contribution in [0.2, 0.25) is 0 Å². The Bertz CT molecular complexity index is 1050. The normalized spacial score (nSPS) is 10.6. The van der Waals surface area contributed by atoms with E-state index in [2.05, 4.69) is 54.7 Å². The van der Waals surface area contributed by atoms with Crippen molar-refractivity contribution >= 4 is 34.2 Å². The molecule has 3 rings (SSSR count). The number of amides is 1. The van der Waals surface area contributed by atoms with Gasteiger partial charge in [-0.3, -0.25) is 4.79 Å². The molecule has 0 unspecified atom stereocenters. The van der Waals surface area contributed by atoms with E-state index in [0.717, 1.165) is 37.4 Å². The maximum atomic E-state index is 12.7. The lowest BCUT2D eigenvalue weighted by molar-refractivity contribution is 0.102. The van der Waals surface area contributed by atoms with Crippen LogP contribution >= 0.6 is 22.6 Å². The van der Waals surface area contributed by atoms with Crippen LogP contribution in [0.25, 0.3) is 0 Å². The molecule has 3 aromatic rings. The molecule has 0 radical (unpaired) electrons. The highest BCUT2D eigenvalue weighted by molar-refractivity contribution is 14.1. The second-order valence-electron chi connectivity index (χ2n) is 7.21. The topological polar surface area (TPSA) is 47.6 Å². The molecule has 0 aliphatic heterocycles. The molecule has 1 N–H and O–H groups in total. The molecule has 0 spiro atoms. The van der Waals surface area contributed by atoms with E-state index in [0.29, 0.717) is 18.8 Å². The number of nitrogens with one attached hydrogen (secondary N) is 1. The van der Waals surface area contributed by atoms with Gasteiger partial charge in [0, 0.05) is 20.4 Å². The third-order valence-corrected chi connectivity index (χ3v) is 5.59. The Balaban J connectivity index is 1.82. The van der Waals surface area contributed by atoms with Crippen LogP contribution in [0.4, 0.5) is 5.69 Å². The summed E-state index contributed by atoms with van der Waals surface area (Å²) >= 11 is 2.24. The van der Waals surface area contributed by atoms with Crippen molar-refractivity contribution in [2.75, 3.05) is 11.9 Å². The predicted octanol–water partition coefficient (Wildman–Crippen LogP) is 6.45. The quantitative estimate of drug-likeness (QED) is 0.368. The average Bonchev–Trinajstić information content (AvgIpc) is 2.72. The monoisotopic (exact) mass is 515 g/mol. The first kappa shape index (κ1) is 22.2. The van der Waals surface area contributed by atoms with Gasteiger partial charge in [0.1, 0.15) is 18.1 Å². The minimum absolute atomic E-state index is 0.164. The fraction of sp³-hybridized carbons (Fsp3) is 0.240. The van der Waals surface area contributed by atoms with E-state index in [4.69, 9.17) is 9.47 Å². The Morgan fingerprint density at radius 2 is 1.67 bits per heavy atom. The van der Waals surface area contributed by atoms with Crippen molar-refractivity contribution in [1.29, 1.82) is 0 Å². The van der Waals surface area contributed by atoms with E-state index in [1.54, 1.807) is 6.07 Å². The van der Waals surface area contributed by atoms with Crippen molar-refractivity contribution in [2.45, 2.75) is 34.3 Å². The molecule has 3 aromatic carbocycles. The van der Waals surface area contributed by atoms with Gasteiger partial charge in [-0.2, -0.15) is 0 Å². The van der Waals surface area contributed by atoms with Crippen molar-refractivity contribution in [3.63, 3.8) is 0 Å². The zero-order chi connectivity index (χ0) is 21.7. The summed E-state index contributed by atoms with van der Waals surface area (Å²) in [4.78, 5) is 12.7. The van der Waals surface area contributed by atoms with Crippen molar-refractivity contribution in [1.82, 2.24) is 0 Å². The van der Waals surface area contributed by atoms with E-state index in [1.165, 1.54) is 5.56 Å². The van der Waals surface area contributed by atoms with Crippen molar-refractivity contribution < 1.29 is 14.3 Å². The molecule has 4 nitrogen and oxygen atoms in total. The largest absolute Gasteiger partial charge is 0.493 e. The van der Waals surface area contributed by atoms with Gasteiger partial charge >= 0.3 is 0 Å². The van der Waals surface area contributed by atoms with Gasteiger partial charge in [-0.15, -0.1) is 0 Å². The molecule has 1 amide bonds. The van der Waals surface area contributed by atoms with Crippen LogP contribution in [-0.2, 0) is 6.61 Å². The van der Waals surface area contributed by atoms with Gasteiger partial charge in [-0.25, -0.2) is 0 Å². The minimum atomic E-state index is -0.164. The molecule has 0 heterocycles. The van der Waals surface area contributed by atoms with Gasteiger partial charge < -0.3 is 14.8 Å². The fourth-order valence-corrected chi connectivity index (χ4v) is 3.53. The molecule has 0 saturated carbocycles. The van der Waals surface area contributed by atoms with Crippen molar-refractivity contribution in [2.24, 2.45) is 0 Å². The Hall–Kier alpha value is -2.54. The average molecular weight is 515 g/mol. The van der Waals surface area contributed by atoms with Crippen LogP contribution < -0.4 is 14.8 Å². The summed E-state index contributed by atoms with van der Waals surface area (Å²) in [6.45, 7) is 9.00. The number of carbonyl (C=O) groups excluding carboxylic acids is 1. The Morgan fingerprint density at radius 3 is 2.37 bits per heavy atom. The second kappa shape index (κ2) is 9.98. The van der Waals surface area contributed by atoms with Gasteiger partial charge in [0.15, 0.2) is 0 Å². The Labute approximate surface area is 191 Å². The number of rotatable bonds is 7. The number of aryl methyl sites for hydroxylation is 2. The highest BCUT2D eigenvalue weighted by Crippen LogP contribution is 2.27. The third kappa shape index (κ3) is 5.53. The standard InChI is InChI=1S/C25H26INO3/c1-5-29-23-11-6-19(25(28)27-22-9-7-21(26)8-10-22)14-20(23)15-30-24-13-16(2)12-17(3)18(24)4/h6-14H,5,15H2,1-4H3,(H,27,28). The summed E-state index contributed by atoms with van der Waals surface area (Å²) < 4.78 is 13.0. The number of halogens is 1. The van der Waals surface area contributed by atoms with Crippen LogP contribution in [0.15, 0.2) is 54.6 Å². The van der Waals surface area contributed by atoms with E-state index in [-0.39, 0.29) is 5.91 Å². The number of ether oxygens (including phenoxy) is 2. The smallest absolute Gasteiger partial charge is 0.255 e. The lowest BCUT2D eigenvalue weighted by Crippen LogP contribution is -2.13. The summed E-state index contributed by atoms with van der Waals surface area (Å²) in [5.41, 5.74) is 5.63. The lowest BCUT2D eigenvalue weighted by Gasteiger charge is -2.16. The first-order valence-electron chi connectivity index (χ1n) is 9.90. The molecule has 30 heavy (non-hydrogen) atoms. The Morgan fingerprint density at radius 1 is 0.933 bits per heavy atom. The molecule has 0 aliphatic carbocycles. The molecule has 0 aliphatic rings.